The van der Waals surface area contributed by atoms with Gasteiger partial charge in [-0.1, -0.05) is 12.1 Å². The summed E-state index contributed by atoms with van der Waals surface area (Å²) in [5, 5.41) is 4.77. The molecular weight excluding hydrogens is 539 g/mol. The van der Waals surface area contributed by atoms with E-state index in [1.807, 2.05) is 0 Å². The van der Waals surface area contributed by atoms with Crippen LogP contribution in [-0.4, -0.2) is 88.0 Å². The van der Waals surface area contributed by atoms with Crippen molar-refractivity contribution in [3.63, 3.8) is 0 Å². The number of amides is 3. The molecule has 0 radical (unpaired) electrons. The lowest BCUT2D eigenvalue weighted by Crippen LogP contribution is -2.62. The number of carbonyl (C=O) groups is 4. The van der Waals surface area contributed by atoms with Gasteiger partial charge in [-0.25, -0.2) is 9.37 Å². The van der Waals surface area contributed by atoms with Gasteiger partial charge in [0.2, 0.25) is 23.5 Å². The molecule has 0 aliphatic carbocycles. The zero-order valence-electron chi connectivity index (χ0n) is 21.9. The van der Waals surface area contributed by atoms with Gasteiger partial charge in [0.05, 0.1) is 24.7 Å². The molecule has 2 fully saturated rings. The average Bonchev–Trinajstić information content (AvgIpc) is 3.61. The van der Waals surface area contributed by atoms with E-state index in [0.29, 0.717) is 37.8 Å². The number of nitrogens with zero attached hydrogens (tertiary/aromatic N) is 4. The Balaban J connectivity index is 1.38. The van der Waals surface area contributed by atoms with Gasteiger partial charge in [0.1, 0.15) is 11.9 Å². The van der Waals surface area contributed by atoms with Crippen LogP contribution >= 0.6 is 11.3 Å². The highest BCUT2D eigenvalue weighted by atomic mass is 32.1. The quantitative estimate of drug-likeness (QED) is 0.123. The number of carbonyl (C=O) groups excluding carboxylic acids is 4. The number of Topliss-reactive ketones (excluding diaryl/α,β-unsaturated/α-hetero) is 1. The molecule has 1 aromatic carbocycles. The number of nitrogens with one attached hydrogen (secondary N) is 1. The summed E-state index contributed by atoms with van der Waals surface area (Å²) < 4.78 is 13.2. The minimum absolute atomic E-state index is 0.0589. The van der Waals surface area contributed by atoms with Crippen LogP contribution in [0.2, 0.25) is 0 Å². The first-order chi connectivity index (χ1) is 19.1. The fraction of sp³-hybridized carbons (Fsp3) is 0.462. The van der Waals surface area contributed by atoms with Gasteiger partial charge in [0.25, 0.3) is 0 Å². The maximum atomic E-state index is 13.4. The molecule has 3 amide bonds. The molecule has 40 heavy (non-hydrogen) atoms. The molecule has 2 saturated heterocycles. The van der Waals surface area contributed by atoms with E-state index in [0.717, 1.165) is 0 Å². The number of piperazine rings is 1. The van der Waals surface area contributed by atoms with Crippen LogP contribution < -0.4 is 22.5 Å². The second kappa shape index (κ2) is 13.0. The van der Waals surface area contributed by atoms with Gasteiger partial charge in [-0.05, 0) is 49.8 Å². The number of rotatable bonds is 11. The third-order valence-corrected chi connectivity index (χ3v) is 7.86. The highest BCUT2D eigenvalue weighted by Gasteiger charge is 2.46. The van der Waals surface area contributed by atoms with Crippen LogP contribution in [0.3, 0.4) is 0 Å². The molecular formula is C26H33FN8O4S. The lowest BCUT2D eigenvalue weighted by Gasteiger charge is -2.40. The van der Waals surface area contributed by atoms with Crippen molar-refractivity contribution < 1.29 is 23.6 Å². The van der Waals surface area contributed by atoms with Crippen LogP contribution in [0.25, 0.3) is 0 Å². The molecule has 12 nitrogen and oxygen atoms in total. The zero-order valence-corrected chi connectivity index (χ0v) is 22.7. The van der Waals surface area contributed by atoms with Gasteiger partial charge in [-0.2, -0.15) is 0 Å². The SMILES string of the molecule is NC(N)=NCCCC(NC(=O)C1CC[C@H]2CN(C(=O)[C@@H](N)Cc3ccc(F)cc3)CC(=O)N12)C(=O)c1nccs1. The molecule has 2 aliphatic rings. The highest BCUT2D eigenvalue weighted by Crippen LogP contribution is 2.29. The van der Waals surface area contributed by atoms with Crippen molar-refractivity contribution in [2.24, 2.45) is 22.2 Å². The zero-order chi connectivity index (χ0) is 28.8. The van der Waals surface area contributed by atoms with E-state index in [9.17, 15) is 23.6 Å². The van der Waals surface area contributed by atoms with Crippen LogP contribution in [-0.2, 0) is 20.8 Å². The first-order valence-electron chi connectivity index (χ1n) is 13.0. The third kappa shape index (κ3) is 6.99. The summed E-state index contributed by atoms with van der Waals surface area (Å²) >= 11 is 1.18. The van der Waals surface area contributed by atoms with E-state index >= 15 is 0 Å². The molecule has 214 valence electrons. The number of aliphatic imine (C=N–C) groups is 1. The van der Waals surface area contributed by atoms with Crippen molar-refractivity contribution in [3.8, 4) is 0 Å². The molecule has 4 atom stereocenters. The monoisotopic (exact) mass is 572 g/mol. The van der Waals surface area contributed by atoms with Gasteiger partial charge in [-0.3, -0.25) is 24.2 Å². The number of aromatic nitrogens is 1. The molecule has 1 aromatic heterocycles. The Bertz CT molecular complexity index is 1250. The predicted molar refractivity (Wildman–Crippen MR) is 147 cm³/mol. The van der Waals surface area contributed by atoms with E-state index in [4.69, 9.17) is 17.2 Å². The standard InChI is InChI=1S/C26H33FN8O4S/c27-16-5-3-15(4-6-16)12-18(28)25(39)34-13-17-7-8-20(35(17)21(36)14-34)23(38)33-19(2-1-9-32-26(29)30)22(37)24-31-10-11-40-24/h3-6,10-11,17-20H,1-2,7-9,12-14,28H2,(H,33,38)(H4,29,30,32)/t17-,18-,19?,20?/m0/s1. The third-order valence-electron chi connectivity index (χ3n) is 7.07. The molecule has 3 heterocycles. The molecule has 14 heteroatoms. The molecule has 2 aliphatic heterocycles. The summed E-state index contributed by atoms with van der Waals surface area (Å²) in [5.74, 6) is -1.92. The Labute approximate surface area is 234 Å². The van der Waals surface area contributed by atoms with Crippen LogP contribution in [0.4, 0.5) is 4.39 Å². The number of ketones is 1. The number of halogens is 1. The summed E-state index contributed by atoms with van der Waals surface area (Å²) in [4.78, 5) is 63.5. The minimum atomic E-state index is -0.887. The predicted octanol–water partition coefficient (Wildman–Crippen LogP) is -0.225. The van der Waals surface area contributed by atoms with Crippen molar-refractivity contribution >= 4 is 40.8 Å². The fourth-order valence-corrected chi connectivity index (χ4v) is 5.79. The lowest BCUT2D eigenvalue weighted by atomic mass is 10.0. The molecule has 2 aromatic rings. The molecule has 0 bridgehead atoms. The van der Waals surface area contributed by atoms with Crippen LogP contribution in [0, 0.1) is 5.82 Å². The van der Waals surface area contributed by atoms with Crippen LogP contribution in [0.5, 0.6) is 0 Å². The summed E-state index contributed by atoms with van der Waals surface area (Å²) in [5.41, 5.74) is 17.6. The number of nitrogens with two attached hydrogens (primary N) is 3. The molecule has 2 unspecified atom stereocenters. The summed E-state index contributed by atoms with van der Waals surface area (Å²) in [6, 6.07) is 2.91. The van der Waals surface area contributed by atoms with E-state index in [1.165, 1.54) is 39.5 Å². The summed E-state index contributed by atoms with van der Waals surface area (Å²) in [6.45, 7) is 0.352. The number of benzene rings is 1. The summed E-state index contributed by atoms with van der Waals surface area (Å²) in [7, 11) is 0. The van der Waals surface area contributed by atoms with Crippen LogP contribution in [0.15, 0.2) is 40.8 Å². The van der Waals surface area contributed by atoms with Crippen molar-refractivity contribution in [1.29, 1.82) is 0 Å². The Morgan fingerprint density at radius 1 is 1.20 bits per heavy atom. The number of guanidine groups is 1. The van der Waals surface area contributed by atoms with Crippen molar-refractivity contribution in [2.45, 2.75) is 56.3 Å². The Kier molecular flexibility index (Phi) is 9.42. The smallest absolute Gasteiger partial charge is 0.243 e. The fourth-order valence-electron chi connectivity index (χ4n) is 5.16. The molecule has 7 N–H and O–H groups in total. The van der Waals surface area contributed by atoms with Gasteiger partial charge < -0.3 is 32.3 Å². The number of hydrogen-bond acceptors (Lipinski definition) is 8. The van der Waals surface area contributed by atoms with Crippen molar-refractivity contribution in [3.05, 3.63) is 52.2 Å². The number of hydrogen-bond donors (Lipinski definition) is 4. The van der Waals surface area contributed by atoms with E-state index in [-0.39, 0.29) is 59.9 Å². The number of fused-ring (bicyclic) bond motifs is 1. The lowest BCUT2D eigenvalue weighted by molar-refractivity contribution is -0.151. The average molecular weight is 573 g/mol. The molecule has 0 spiro atoms. The summed E-state index contributed by atoms with van der Waals surface area (Å²) in [6.07, 6.45) is 3.39. The Morgan fingerprint density at radius 3 is 2.62 bits per heavy atom. The molecule has 4 rings (SSSR count). The minimum Gasteiger partial charge on any atom is -0.370 e. The van der Waals surface area contributed by atoms with Crippen LogP contribution in [0.1, 0.15) is 41.0 Å². The topological polar surface area (TPSA) is 190 Å². The Morgan fingerprint density at radius 2 is 1.95 bits per heavy atom. The normalized spacial score (nSPS) is 20.0. The largest absolute Gasteiger partial charge is 0.370 e. The van der Waals surface area contributed by atoms with Gasteiger partial charge in [0, 0.05) is 24.7 Å². The first-order valence-corrected chi connectivity index (χ1v) is 13.9. The second-order valence-corrected chi connectivity index (χ2v) is 10.8. The van der Waals surface area contributed by atoms with E-state index < -0.39 is 24.0 Å². The maximum Gasteiger partial charge on any atom is 0.243 e. The van der Waals surface area contributed by atoms with Crippen molar-refractivity contribution in [2.75, 3.05) is 19.6 Å². The van der Waals surface area contributed by atoms with E-state index in [2.05, 4.69) is 15.3 Å². The van der Waals surface area contributed by atoms with Gasteiger partial charge in [-0.15, -0.1) is 11.3 Å². The highest BCUT2D eigenvalue weighted by molar-refractivity contribution is 7.11. The second-order valence-electron chi connectivity index (χ2n) is 9.92. The maximum absolute atomic E-state index is 13.4. The molecule has 0 saturated carbocycles. The first kappa shape index (κ1) is 29.1. The van der Waals surface area contributed by atoms with E-state index in [1.54, 1.807) is 17.5 Å². The van der Waals surface area contributed by atoms with Gasteiger partial charge in [0.15, 0.2) is 11.0 Å². The van der Waals surface area contributed by atoms with Crippen molar-refractivity contribution in [1.82, 2.24) is 20.1 Å². The van der Waals surface area contributed by atoms with Gasteiger partial charge >= 0.3 is 0 Å². The Hall–Kier alpha value is -3.91. The number of thiazole rings is 1.